The van der Waals surface area contributed by atoms with Gasteiger partial charge in [-0.1, -0.05) is 17.2 Å². The van der Waals surface area contributed by atoms with Gasteiger partial charge in [0.1, 0.15) is 12.4 Å². The van der Waals surface area contributed by atoms with Crippen LogP contribution in [0.3, 0.4) is 0 Å². The Bertz CT molecular complexity index is 902. The largest absolute Gasteiger partial charge is 0.508 e. The van der Waals surface area contributed by atoms with Crippen molar-refractivity contribution in [1.29, 1.82) is 0 Å². The molecule has 0 saturated carbocycles. The summed E-state index contributed by atoms with van der Waals surface area (Å²) in [6.45, 7) is 10.3. The number of rotatable bonds is 8. The Balaban J connectivity index is 2.29. The lowest BCUT2D eigenvalue weighted by Crippen LogP contribution is -2.18. The maximum absolute atomic E-state index is 12.4. The minimum absolute atomic E-state index is 0.0802. The molecule has 2 rings (SSSR count). The molecule has 0 amide bonds. The molecule has 0 aliphatic rings. The summed E-state index contributed by atoms with van der Waals surface area (Å²) in [5.41, 5.74) is 2.68. The predicted octanol–water partition coefficient (Wildman–Crippen LogP) is 5.09. The summed E-state index contributed by atoms with van der Waals surface area (Å²) in [7, 11) is 0. The van der Waals surface area contributed by atoms with Crippen molar-refractivity contribution >= 4 is 10.9 Å². The van der Waals surface area contributed by atoms with Crippen LogP contribution in [-0.2, 0) is 0 Å². The molecule has 0 unspecified atom stereocenters. The summed E-state index contributed by atoms with van der Waals surface area (Å²) in [4.78, 5) is 15.2. The number of hydrogen-bond acceptors (Lipinski definition) is 4. The van der Waals surface area contributed by atoms with Crippen LogP contribution in [0.2, 0.25) is 0 Å². The average Bonchev–Trinajstić information content (AvgIpc) is 2.56. The number of aromatic nitrogens is 1. The van der Waals surface area contributed by atoms with Gasteiger partial charge in [-0.05, 0) is 65.7 Å². The molecule has 0 saturated heterocycles. The standard InChI is InChI=1S/C22H29NO4/c1-14(2)7-6-8-16(5)11-12-26-20-18-10-9-17(24)13-19(18)23-22(25)21(20)27-15(3)4/h7,9-11,13,15,24H,6,8,12H2,1-5H3,(H,23,25)/b16-11+. The molecule has 0 spiro atoms. The molecular weight excluding hydrogens is 342 g/mol. The number of H-pyrrole nitrogens is 1. The molecule has 5 nitrogen and oxygen atoms in total. The number of nitrogens with one attached hydrogen (secondary N) is 1. The fourth-order valence-corrected chi connectivity index (χ4v) is 2.68. The van der Waals surface area contributed by atoms with Gasteiger partial charge in [-0.25, -0.2) is 0 Å². The fraction of sp³-hybridized carbons (Fsp3) is 0.409. The number of ether oxygens (including phenoxy) is 2. The zero-order valence-electron chi connectivity index (χ0n) is 16.8. The molecule has 0 fully saturated rings. The summed E-state index contributed by atoms with van der Waals surface area (Å²) in [6, 6.07) is 4.78. The zero-order valence-corrected chi connectivity index (χ0v) is 16.8. The van der Waals surface area contributed by atoms with Crippen LogP contribution in [0.5, 0.6) is 17.2 Å². The molecule has 0 aliphatic carbocycles. The van der Waals surface area contributed by atoms with Crippen LogP contribution in [0.25, 0.3) is 10.9 Å². The quantitative estimate of drug-likeness (QED) is 0.634. The number of fused-ring (bicyclic) bond motifs is 1. The van der Waals surface area contributed by atoms with Gasteiger partial charge in [-0.3, -0.25) is 4.79 Å². The smallest absolute Gasteiger partial charge is 0.294 e. The second-order valence-electron chi connectivity index (χ2n) is 7.19. The summed E-state index contributed by atoms with van der Waals surface area (Å²) < 4.78 is 11.7. The van der Waals surface area contributed by atoms with Gasteiger partial charge in [0.2, 0.25) is 5.75 Å². The third-order valence-corrected chi connectivity index (χ3v) is 4.01. The maximum Gasteiger partial charge on any atom is 0.294 e. The lowest BCUT2D eigenvalue weighted by atomic mass is 10.1. The monoisotopic (exact) mass is 371 g/mol. The second-order valence-corrected chi connectivity index (χ2v) is 7.19. The Kier molecular flexibility index (Phi) is 7.11. The summed E-state index contributed by atoms with van der Waals surface area (Å²) in [5.74, 6) is 0.645. The van der Waals surface area contributed by atoms with E-state index in [4.69, 9.17) is 9.47 Å². The molecule has 27 heavy (non-hydrogen) atoms. The Labute approximate surface area is 160 Å². The first-order valence-electron chi connectivity index (χ1n) is 9.25. The summed E-state index contributed by atoms with van der Waals surface area (Å²) in [5, 5.41) is 10.4. The van der Waals surface area contributed by atoms with E-state index in [2.05, 4.69) is 31.8 Å². The first-order valence-corrected chi connectivity index (χ1v) is 9.25. The van der Waals surface area contributed by atoms with Gasteiger partial charge in [0.05, 0.1) is 11.6 Å². The van der Waals surface area contributed by atoms with Crippen LogP contribution < -0.4 is 15.0 Å². The Morgan fingerprint density at radius 2 is 1.93 bits per heavy atom. The lowest BCUT2D eigenvalue weighted by molar-refractivity contribution is 0.224. The predicted molar refractivity (Wildman–Crippen MR) is 110 cm³/mol. The number of aromatic hydroxyl groups is 1. The molecular formula is C22H29NO4. The third kappa shape index (κ3) is 5.91. The van der Waals surface area contributed by atoms with Gasteiger partial charge in [-0.15, -0.1) is 0 Å². The molecule has 1 aromatic heterocycles. The van der Waals surface area contributed by atoms with Crippen molar-refractivity contribution in [3.8, 4) is 17.2 Å². The topological polar surface area (TPSA) is 71.5 Å². The fourth-order valence-electron chi connectivity index (χ4n) is 2.68. The van der Waals surface area contributed by atoms with Crippen molar-refractivity contribution < 1.29 is 14.6 Å². The van der Waals surface area contributed by atoms with E-state index in [1.807, 2.05) is 19.9 Å². The van der Waals surface area contributed by atoms with Crippen molar-refractivity contribution in [3.05, 3.63) is 51.9 Å². The highest BCUT2D eigenvalue weighted by molar-refractivity contribution is 5.88. The first kappa shape index (κ1) is 20.6. The number of allylic oxidation sites excluding steroid dienone is 3. The minimum atomic E-state index is -0.374. The van der Waals surface area contributed by atoms with E-state index in [-0.39, 0.29) is 23.2 Å². The van der Waals surface area contributed by atoms with E-state index in [0.717, 1.165) is 12.8 Å². The summed E-state index contributed by atoms with van der Waals surface area (Å²) >= 11 is 0. The van der Waals surface area contributed by atoms with E-state index in [9.17, 15) is 9.90 Å². The molecule has 1 aromatic carbocycles. The molecule has 0 aliphatic heterocycles. The molecule has 2 N–H and O–H groups in total. The molecule has 2 aromatic rings. The highest BCUT2D eigenvalue weighted by Crippen LogP contribution is 2.33. The highest BCUT2D eigenvalue weighted by Gasteiger charge is 2.17. The van der Waals surface area contributed by atoms with E-state index in [1.54, 1.807) is 12.1 Å². The highest BCUT2D eigenvalue weighted by atomic mass is 16.5. The van der Waals surface area contributed by atoms with Gasteiger partial charge in [0.15, 0.2) is 5.75 Å². The van der Waals surface area contributed by atoms with Crippen LogP contribution >= 0.6 is 0 Å². The van der Waals surface area contributed by atoms with Gasteiger partial charge in [0.25, 0.3) is 5.56 Å². The van der Waals surface area contributed by atoms with E-state index < -0.39 is 0 Å². The van der Waals surface area contributed by atoms with Gasteiger partial charge in [-0.2, -0.15) is 0 Å². The molecule has 5 heteroatoms. The number of hydrogen-bond donors (Lipinski definition) is 2. The van der Waals surface area contributed by atoms with Gasteiger partial charge in [0, 0.05) is 11.5 Å². The lowest BCUT2D eigenvalue weighted by Gasteiger charge is -2.16. The normalized spacial score (nSPS) is 11.7. The first-order chi connectivity index (χ1) is 12.8. The van der Waals surface area contributed by atoms with E-state index in [1.165, 1.54) is 17.2 Å². The van der Waals surface area contributed by atoms with E-state index >= 15 is 0 Å². The van der Waals surface area contributed by atoms with Crippen molar-refractivity contribution in [2.45, 2.75) is 53.6 Å². The Hall–Kier alpha value is -2.69. The molecule has 1 heterocycles. The van der Waals surface area contributed by atoms with Crippen LogP contribution in [-0.4, -0.2) is 22.8 Å². The average molecular weight is 371 g/mol. The number of phenols is 1. The number of aromatic amines is 1. The number of pyridine rings is 1. The van der Waals surface area contributed by atoms with Crippen molar-refractivity contribution in [1.82, 2.24) is 4.98 Å². The van der Waals surface area contributed by atoms with E-state index in [0.29, 0.717) is 23.3 Å². The molecule has 0 atom stereocenters. The SMILES string of the molecule is CC(C)=CCC/C(C)=C/COc1c(OC(C)C)c(=O)[nH]c2cc(O)ccc12. The Morgan fingerprint density at radius 1 is 1.19 bits per heavy atom. The van der Waals surface area contributed by atoms with Crippen LogP contribution in [0, 0.1) is 0 Å². The van der Waals surface area contributed by atoms with Crippen molar-refractivity contribution in [3.63, 3.8) is 0 Å². The molecule has 0 bridgehead atoms. The van der Waals surface area contributed by atoms with Crippen LogP contribution in [0.4, 0.5) is 0 Å². The minimum Gasteiger partial charge on any atom is -0.508 e. The maximum atomic E-state index is 12.4. The van der Waals surface area contributed by atoms with Crippen molar-refractivity contribution in [2.75, 3.05) is 6.61 Å². The number of benzene rings is 1. The van der Waals surface area contributed by atoms with Crippen LogP contribution in [0.15, 0.2) is 46.3 Å². The Morgan fingerprint density at radius 3 is 2.59 bits per heavy atom. The summed E-state index contributed by atoms with van der Waals surface area (Å²) in [6.07, 6.45) is 6.03. The second kappa shape index (κ2) is 9.31. The zero-order chi connectivity index (χ0) is 20.0. The van der Waals surface area contributed by atoms with Crippen LogP contribution in [0.1, 0.15) is 47.5 Å². The van der Waals surface area contributed by atoms with Crippen molar-refractivity contribution in [2.24, 2.45) is 0 Å². The molecule has 0 radical (unpaired) electrons. The third-order valence-electron chi connectivity index (χ3n) is 4.01. The number of phenolic OH excluding ortho intramolecular Hbond substituents is 1. The van der Waals surface area contributed by atoms with Gasteiger partial charge >= 0.3 is 0 Å². The molecule has 146 valence electrons. The van der Waals surface area contributed by atoms with Gasteiger partial charge < -0.3 is 19.6 Å².